The topological polar surface area (TPSA) is 73.0 Å². The third-order valence-corrected chi connectivity index (χ3v) is 7.48. The number of piperidine rings is 2. The first-order valence-electron chi connectivity index (χ1n) is 12.5. The maximum atomic E-state index is 13.5. The summed E-state index contributed by atoms with van der Waals surface area (Å²) in [7, 11) is 0. The van der Waals surface area contributed by atoms with Crippen molar-refractivity contribution in [3.05, 3.63) is 58.6 Å². The third-order valence-electron chi connectivity index (χ3n) is 7.22. The summed E-state index contributed by atoms with van der Waals surface area (Å²) in [5.41, 5.74) is 3.08. The van der Waals surface area contributed by atoms with E-state index >= 15 is 0 Å². The number of nitrogens with one attached hydrogen (secondary N) is 1. The Labute approximate surface area is 211 Å². The van der Waals surface area contributed by atoms with Crippen LogP contribution in [0.15, 0.2) is 42.5 Å². The summed E-state index contributed by atoms with van der Waals surface area (Å²) >= 11 is 5.95. The Kier molecular flexibility index (Phi) is 6.95. The van der Waals surface area contributed by atoms with Crippen molar-refractivity contribution >= 4 is 40.7 Å². The standard InChI is InChI=1S/C27H31ClN4O3/c28-21-10-7-19(8-11-21)17-29-25(33)18-32-24-16-20(26(34)30-13-3-1-4-14-30)9-12-22(24)31-15-5-2-6-23(31)27(32)35/h7-12,16,23H,1-6,13-15,17-18H2,(H,29,33). The van der Waals surface area contributed by atoms with E-state index in [1.54, 1.807) is 17.0 Å². The number of halogens is 1. The number of anilines is 2. The SMILES string of the molecule is O=C(CN1C(=O)C2CCCCN2c2ccc(C(=O)N3CCCCC3)cc21)NCc1ccc(Cl)cc1. The number of carbonyl (C=O) groups is 3. The van der Waals surface area contributed by atoms with Gasteiger partial charge in [-0.25, -0.2) is 0 Å². The minimum absolute atomic E-state index is 0.00661. The van der Waals surface area contributed by atoms with Gasteiger partial charge < -0.3 is 15.1 Å². The van der Waals surface area contributed by atoms with Crippen LogP contribution >= 0.6 is 11.6 Å². The smallest absolute Gasteiger partial charge is 0.253 e. The predicted molar refractivity (Wildman–Crippen MR) is 137 cm³/mol. The highest BCUT2D eigenvalue weighted by Crippen LogP contribution is 2.40. The first-order valence-corrected chi connectivity index (χ1v) is 12.9. The van der Waals surface area contributed by atoms with E-state index in [-0.39, 0.29) is 30.3 Å². The van der Waals surface area contributed by atoms with Crippen LogP contribution in [-0.4, -0.2) is 54.8 Å². The predicted octanol–water partition coefficient (Wildman–Crippen LogP) is 3.99. The number of hydrogen-bond acceptors (Lipinski definition) is 4. The van der Waals surface area contributed by atoms with E-state index in [0.717, 1.165) is 69.4 Å². The van der Waals surface area contributed by atoms with Gasteiger partial charge in [-0.2, -0.15) is 0 Å². The fourth-order valence-corrected chi connectivity index (χ4v) is 5.46. The highest BCUT2D eigenvalue weighted by molar-refractivity contribution is 6.30. The fraction of sp³-hybridized carbons (Fsp3) is 0.444. The Bertz CT molecular complexity index is 1110. The molecular weight excluding hydrogens is 464 g/mol. The number of benzene rings is 2. The largest absolute Gasteiger partial charge is 0.358 e. The molecule has 0 saturated carbocycles. The lowest BCUT2D eigenvalue weighted by Gasteiger charge is -2.45. The van der Waals surface area contributed by atoms with Crippen LogP contribution in [0.1, 0.15) is 54.4 Å². The van der Waals surface area contributed by atoms with Crippen molar-refractivity contribution in [2.24, 2.45) is 0 Å². The lowest BCUT2D eigenvalue weighted by molar-refractivity contribution is -0.125. The number of amides is 3. The highest BCUT2D eigenvalue weighted by atomic mass is 35.5. The van der Waals surface area contributed by atoms with Crippen molar-refractivity contribution < 1.29 is 14.4 Å². The van der Waals surface area contributed by atoms with Gasteiger partial charge in [-0.05, 0) is 74.4 Å². The molecule has 3 heterocycles. The van der Waals surface area contributed by atoms with E-state index in [9.17, 15) is 14.4 Å². The zero-order chi connectivity index (χ0) is 24.4. The van der Waals surface area contributed by atoms with Gasteiger partial charge in [0.15, 0.2) is 0 Å². The van der Waals surface area contributed by atoms with Crippen LogP contribution in [-0.2, 0) is 16.1 Å². The molecule has 2 saturated heterocycles. The van der Waals surface area contributed by atoms with Crippen molar-refractivity contribution in [2.45, 2.75) is 51.1 Å². The van der Waals surface area contributed by atoms with Crippen LogP contribution in [0.5, 0.6) is 0 Å². The number of nitrogens with zero attached hydrogens (tertiary/aromatic N) is 3. The summed E-state index contributed by atoms with van der Waals surface area (Å²) in [4.78, 5) is 45.3. The molecule has 2 aromatic rings. The molecule has 1 N–H and O–H groups in total. The zero-order valence-corrected chi connectivity index (χ0v) is 20.6. The van der Waals surface area contributed by atoms with Crippen LogP contribution in [0.3, 0.4) is 0 Å². The fourth-order valence-electron chi connectivity index (χ4n) is 5.34. The average Bonchev–Trinajstić information content (AvgIpc) is 2.90. The molecule has 2 fully saturated rings. The molecule has 7 nitrogen and oxygen atoms in total. The first kappa shape index (κ1) is 23.7. The maximum absolute atomic E-state index is 13.5. The van der Waals surface area contributed by atoms with Gasteiger partial charge in [0.1, 0.15) is 12.6 Å². The van der Waals surface area contributed by atoms with Gasteiger partial charge in [-0.3, -0.25) is 19.3 Å². The van der Waals surface area contributed by atoms with E-state index in [1.807, 2.05) is 35.2 Å². The average molecular weight is 495 g/mol. The second-order valence-electron chi connectivity index (χ2n) is 9.59. The number of carbonyl (C=O) groups excluding carboxylic acids is 3. The van der Waals surface area contributed by atoms with Crippen LogP contribution in [0.25, 0.3) is 0 Å². The second-order valence-corrected chi connectivity index (χ2v) is 10.0. The molecule has 0 radical (unpaired) electrons. The van der Waals surface area contributed by atoms with E-state index in [1.165, 1.54) is 0 Å². The molecule has 5 rings (SSSR count). The minimum atomic E-state index is -0.260. The van der Waals surface area contributed by atoms with Crippen LogP contribution < -0.4 is 15.1 Å². The molecule has 3 amide bonds. The van der Waals surface area contributed by atoms with Gasteiger partial charge in [0, 0.05) is 36.8 Å². The molecular formula is C27H31ClN4O3. The molecule has 1 atom stereocenters. The Morgan fingerprint density at radius 2 is 1.66 bits per heavy atom. The first-order chi connectivity index (χ1) is 17.0. The quantitative estimate of drug-likeness (QED) is 0.682. The molecule has 0 aliphatic carbocycles. The maximum Gasteiger partial charge on any atom is 0.253 e. The Morgan fingerprint density at radius 1 is 0.914 bits per heavy atom. The lowest BCUT2D eigenvalue weighted by Crippen LogP contribution is -2.57. The van der Waals surface area contributed by atoms with Crippen LogP contribution in [0, 0.1) is 0 Å². The van der Waals surface area contributed by atoms with Crippen molar-refractivity contribution in [2.75, 3.05) is 36.0 Å². The summed E-state index contributed by atoms with van der Waals surface area (Å²) in [6.45, 7) is 2.61. The van der Waals surface area contributed by atoms with Gasteiger partial charge in [0.25, 0.3) is 5.91 Å². The molecule has 2 aromatic carbocycles. The summed E-state index contributed by atoms with van der Waals surface area (Å²) < 4.78 is 0. The Balaban J connectivity index is 1.39. The highest BCUT2D eigenvalue weighted by Gasteiger charge is 2.40. The third kappa shape index (κ3) is 5.01. The van der Waals surface area contributed by atoms with E-state index < -0.39 is 0 Å². The van der Waals surface area contributed by atoms with Gasteiger partial charge in [-0.15, -0.1) is 0 Å². The number of fused-ring (bicyclic) bond motifs is 3. The van der Waals surface area contributed by atoms with Crippen LogP contribution in [0.4, 0.5) is 11.4 Å². The summed E-state index contributed by atoms with van der Waals surface area (Å²) in [6.07, 6.45) is 5.98. The normalized spacial score (nSPS) is 19.7. The molecule has 8 heteroatoms. The van der Waals surface area contributed by atoms with Gasteiger partial charge in [-0.1, -0.05) is 23.7 Å². The van der Waals surface area contributed by atoms with Gasteiger partial charge in [0.2, 0.25) is 11.8 Å². The van der Waals surface area contributed by atoms with E-state index in [4.69, 9.17) is 11.6 Å². The Hall–Kier alpha value is -3.06. The van der Waals surface area contributed by atoms with Crippen molar-refractivity contribution in [3.8, 4) is 0 Å². The molecule has 3 aliphatic rings. The number of rotatable bonds is 5. The Morgan fingerprint density at radius 3 is 2.43 bits per heavy atom. The van der Waals surface area contributed by atoms with E-state index in [2.05, 4.69) is 10.2 Å². The van der Waals surface area contributed by atoms with E-state index in [0.29, 0.717) is 22.8 Å². The van der Waals surface area contributed by atoms with Crippen molar-refractivity contribution in [1.29, 1.82) is 0 Å². The molecule has 0 bridgehead atoms. The molecule has 1 unspecified atom stereocenters. The number of hydrogen-bond donors (Lipinski definition) is 1. The number of likely N-dealkylation sites (tertiary alicyclic amines) is 1. The molecule has 3 aliphatic heterocycles. The van der Waals surface area contributed by atoms with Gasteiger partial charge >= 0.3 is 0 Å². The van der Waals surface area contributed by atoms with Gasteiger partial charge in [0.05, 0.1) is 11.4 Å². The molecule has 0 aromatic heterocycles. The van der Waals surface area contributed by atoms with Crippen molar-refractivity contribution in [1.82, 2.24) is 10.2 Å². The zero-order valence-electron chi connectivity index (χ0n) is 19.8. The minimum Gasteiger partial charge on any atom is -0.358 e. The summed E-state index contributed by atoms with van der Waals surface area (Å²) in [5, 5.41) is 3.55. The molecule has 0 spiro atoms. The lowest BCUT2D eigenvalue weighted by atomic mass is 9.95. The molecule has 35 heavy (non-hydrogen) atoms. The monoisotopic (exact) mass is 494 g/mol. The second kappa shape index (κ2) is 10.3. The van der Waals surface area contributed by atoms with Crippen molar-refractivity contribution in [3.63, 3.8) is 0 Å². The molecule has 184 valence electrons. The summed E-state index contributed by atoms with van der Waals surface area (Å²) in [6, 6.07) is 12.7. The summed E-state index contributed by atoms with van der Waals surface area (Å²) in [5.74, 6) is -0.314. The van der Waals surface area contributed by atoms with Crippen LogP contribution in [0.2, 0.25) is 5.02 Å².